The molecule has 3 nitrogen and oxygen atoms in total. The molecule has 0 saturated carbocycles. The second kappa shape index (κ2) is 7.88. The van der Waals surface area contributed by atoms with Gasteiger partial charge in [0.25, 0.3) is 0 Å². The van der Waals surface area contributed by atoms with Gasteiger partial charge < -0.3 is 5.32 Å². The lowest BCUT2D eigenvalue weighted by atomic mass is 10.1. The zero-order valence-corrected chi connectivity index (χ0v) is 11.7. The maximum absolute atomic E-state index is 11.7. The van der Waals surface area contributed by atoms with E-state index in [1.54, 1.807) is 0 Å². The molecule has 0 fully saturated rings. The van der Waals surface area contributed by atoms with E-state index in [1.165, 1.54) is 11.1 Å². The molecular weight excluding hydrogens is 224 g/mol. The SMILES string of the molecule is CCCCNC(=O)CN(C)Cc1ccccc1C. The Labute approximate surface area is 110 Å². The summed E-state index contributed by atoms with van der Waals surface area (Å²) in [6.07, 6.45) is 2.16. The van der Waals surface area contributed by atoms with Gasteiger partial charge in [0.15, 0.2) is 0 Å². The third-order valence-electron chi connectivity index (χ3n) is 2.97. The Bertz CT molecular complexity index is 377. The van der Waals surface area contributed by atoms with Crippen molar-refractivity contribution in [3.05, 3.63) is 35.4 Å². The Morgan fingerprint density at radius 1 is 1.33 bits per heavy atom. The summed E-state index contributed by atoms with van der Waals surface area (Å²) in [7, 11) is 1.98. The van der Waals surface area contributed by atoms with E-state index >= 15 is 0 Å². The largest absolute Gasteiger partial charge is 0.355 e. The summed E-state index contributed by atoms with van der Waals surface area (Å²) >= 11 is 0. The van der Waals surface area contributed by atoms with Gasteiger partial charge in [0.2, 0.25) is 5.91 Å². The van der Waals surface area contributed by atoms with Crippen LogP contribution < -0.4 is 5.32 Å². The fourth-order valence-corrected chi connectivity index (χ4v) is 1.84. The van der Waals surface area contributed by atoms with Crippen molar-refractivity contribution in [1.82, 2.24) is 10.2 Å². The van der Waals surface area contributed by atoms with Crippen LogP contribution in [0.4, 0.5) is 0 Å². The summed E-state index contributed by atoms with van der Waals surface area (Å²) in [5, 5.41) is 2.93. The van der Waals surface area contributed by atoms with Crippen molar-refractivity contribution in [3.8, 4) is 0 Å². The molecule has 1 rings (SSSR count). The zero-order chi connectivity index (χ0) is 13.4. The van der Waals surface area contributed by atoms with Crippen molar-refractivity contribution >= 4 is 5.91 Å². The molecule has 0 saturated heterocycles. The summed E-state index contributed by atoms with van der Waals surface area (Å²) in [6.45, 7) is 6.28. The van der Waals surface area contributed by atoms with Crippen LogP contribution in [0.25, 0.3) is 0 Å². The molecule has 100 valence electrons. The van der Waals surface area contributed by atoms with Crippen molar-refractivity contribution < 1.29 is 4.79 Å². The molecular formula is C15H24N2O. The minimum atomic E-state index is 0.111. The van der Waals surface area contributed by atoms with Crippen LogP contribution in [0.15, 0.2) is 24.3 Å². The highest BCUT2D eigenvalue weighted by atomic mass is 16.2. The Morgan fingerprint density at radius 2 is 2.06 bits per heavy atom. The first kappa shape index (κ1) is 14.7. The van der Waals surface area contributed by atoms with Crippen molar-refractivity contribution in [2.45, 2.75) is 33.2 Å². The molecule has 18 heavy (non-hydrogen) atoms. The number of carbonyl (C=O) groups excluding carboxylic acids is 1. The lowest BCUT2D eigenvalue weighted by Crippen LogP contribution is -2.35. The van der Waals surface area contributed by atoms with Crippen LogP contribution in [0.1, 0.15) is 30.9 Å². The van der Waals surface area contributed by atoms with Crippen LogP contribution in [0, 0.1) is 6.92 Å². The fraction of sp³-hybridized carbons (Fsp3) is 0.533. The van der Waals surface area contributed by atoms with Crippen LogP contribution in [0.5, 0.6) is 0 Å². The molecule has 0 spiro atoms. The van der Waals surface area contributed by atoms with Crippen molar-refractivity contribution in [2.75, 3.05) is 20.1 Å². The number of likely N-dealkylation sites (N-methyl/N-ethyl adjacent to an activating group) is 1. The van der Waals surface area contributed by atoms with Gasteiger partial charge in [0.1, 0.15) is 0 Å². The molecule has 0 aliphatic rings. The number of unbranched alkanes of at least 4 members (excludes halogenated alkanes) is 1. The Morgan fingerprint density at radius 3 is 2.72 bits per heavy atom. The Hall–Kier alpha value is -1.35. The number of hydrogen-bond acceptors (Lipinski definition) is 2. The van der Waals surface area contributed by atoms with Gasteiger partial charge in [-0.2, -0.15) is 0 Å². The number of aryl methyl sites for hydroxylation is 1. The molecule has 0 radical (unpaired) electrons. The molecule has 0 aliphatic heterocycles. The standard InChI is InChI=1S/C15H24N2O/c1-4-5-10-16-15(18)12-17(3)11-14-9-7-6-8-13(14)2/h6-9H,4-5,10-12H2,1-3H3,(H,16,18). The normalized spacial score (nSPS) is 10.7. The van der Waals surface area contributed by atoms with Crippen LogP contribution in [-0.4, -0.2) is 30.9 Å². The Balaban J connectivity index is 2.35. The van der Waals surface area contributed by atoms with Crippen molar-refractivity contribution in [1.29, 1.82) is 0 Å². The molecule has 1 aromatic carbocycles. The highest BCUT2D eigenvalue weighted by Gasteiger charge is 2.07. The lowest BCUT2D eigenvalue weighted by molar-refractivity contribution is -0.122. The molecule has 0 bridgehead atoms. The van der Waals surface area contributed by atoms with Crippen LogP contribution in [0.2, 0.25) is 0 Å². The first-order valence-electron chi connectivity index (χ1n) is 6.63. The van der Waals surface area contributed by atoms with E-state index in [1.807, 2.05) is 24.1 Å². The maximum Gasteiger partial charge on any atom is 0.234 e. The minimum absolute atomic E-state index is 0.111. The lowest BCUT2D eigenvalue weighted by Gasteiger charge is -2.17. The molecule has 0 heterocycles. The predicted octanol–water partition coefficient (Wildman–Crippen LogP) is 2.34. The van der Waals surface area contributed by atoms with Gasteiger partial charge >= 0.3 is 0 Å². The van der Waals surface area contributed by atoms with Gasteiger partial charge in [0, 0.05) is 13.1 Å². The summed E-state index contributed by atoms with van der Waals surface area (Å²) in [5.41, 5.74) is 2.55. The number of nitrogens with zero attached hydrogens (tertiary/aromatic N) is 1. The number of amides is 1. The molecule has 0 atom stereocenters. The Kier molecular flexibility index (Phi) is 6.44. The van der Waals surface area contributed by atoms with Crippen LogP contribution >= 0.6 is 0 Å². The maximum atomic E-state index is 11.7. The summed E-state index contributed by atoms with van der Waals surface area (Å²) in [4.78, 5) is 13.7. The van der Waals surface area contributed by atoms with E-state index in [9.17, 15) is 4.79 Å². The first-order valence-corrected chi connectivity index (χ1v) is 6.63. The van der Waals surface area contributed by atoms with Gasteiger partial charge in [-0.25, -0.2) is 0 Å². The van der Waals surface area contributed by atoms with Gasteiger partial charge in [0.05, 0.1) is 6.54 Å². The van der Waals surface area contributed by atoms with Crippen LogP contribution in [0.3, 0.4) is 0 Å². The molecule has 0 unspecified atom stereocenters. The second-order valence-electron chi connectivity index (χ2n) is 4.80. The van der Waals surface area contributed by atoms with Gasteiger partial charge in [-0.1, -0.05) is 37.6 Å². The number of rotatable bonds is 7. The first-order chi connectivity index (χ1) is 8.63. The second-order valence-corrected chi connectivity index (χ2v) is 4.80. The third-order valence-corrected chi connectivity index (χ3v) is 2.97. The number of nitrogens with one attached hydrogen (secondary N) is 1. The highest BCUT2D eigenvalue weighted by molar-refractivity contribution is 5.77. The number of carbonyl (C=O) groups is 1. The summed E-state index contributed by atoms with van der Waals surface area (Å²) < 4.78 is 0. The number of benzene rings is 1. The monoisotopic (exact) mass is 248 g/mol. The quantitative estimate of drug-likeness (QED) is 0.751. The topological polar surface area (TPSA) is 32.3 Å². The molecule has 1 N–H and O–H groups in total. The van der Waals surface area contributed by atoms with Gasteiger partial charge in [-0.05, 0) is 31.5 Å². The van der Waals surface area contributed by atoms with E-state index in [4.69, 9.17) is 0 Å². The van der Waals surface area contributed by atoms with Gasteiger partial charge in [-0.15, -0.1) is 0 Å². The van der Waals surface area contributed by atoms with E-state index < -0.39 is 0 Å². The fourth-order valence-electron chi connectivity index (χ4n) is 1.84. The van der Waals surface area contributed by atoms with E-state index in [0.717, 1.165) is 25.9 Å². The highest BCUT2D eigenvalue weighted by Crippen LogP contribution is 2.08. The molecule has 1 aromatic rings. The van der Waals surface area contributed by atoms with Crippen LogP contribution in [-0.2, 0) is 11.3 Å². The summed E-state index contributed by atoms with van der Waals surface area (Å²) in [6, 6.07) is 8.29. The smallest absolute Gasteiger partial charge is 0.234 e. The zero-order valence-electron chi connectivity index (χ0n) is 11.7. The number of hydrogen-bond donors (Lipinski definition) is 1. The summed E-state index contributed by atoms with van der Waals surface area (Å²) in [5.74, 6) is 0.111. The molecule has 1 amide bonds. The third kappa shape index (κ3) is 5.32. The van der Waals surface area contributed by atoms with Gasteiger partial charge in [-0.3, -0.25) is 9.69 Å². The molecule has 0 aliphatic carbocycles. The predicted molar refractivity (Wildman–Crippen MR) is 75.4 cm³/mol. The average molecular weight is 248 g/mol. The molecule has 3 heteroatoms. The van der Waals surface area contributed by atoms with Crippen molar-refractivity contribution in [3.63, 3.8) is 0 Å². The van der Waals surface area contributed by atoms with Crippen molar-refractivity contribution in [2.24, 2.45) is 0 Å². The van der Waals surface area contributed by atoms with E-state index in [-0.39, 0.29) is 5.91 Å². The van der Waals surface area contributed by atoms with E-state index in [0.29, 0.717) is 6.54 Å². The average Bonchev–Trinajstić information content (AvgIpc) is 2.32. The molecule has 0 aromatic heterocycles. The van der Waals surface area contributed by atoms with E-state index in [2.05, 4.69) is 31.3 Å². The minimum Gasteiger partial charge on any atom is -0.355 e.